The number of amides is 1. The fourth-order valence-corrected chi connectivity index (χ4v) is 1.40. The van der Waals surface area contributed by atoms with Gasteiger partial charge in [0.25, 0.3) is 0 Å². The highest BCUT2D eigenvalue weighted by Gasteiger charge is 2.16. The molecule has 0 fully saturated rings. The highest BCUT2D eigenvalue weighted by atomic mass is 16.6. The lowest BCUT2D eigenvalue weighted by atomic mass is 10.2. The molecule has 110 valence electrons. The summed E-state index contributed by atoms with van der Waals surface area (Å²) in [7, 11) is 0. The van der Waals surface area contributed by atoms with Gasteiger partial charge in [-0.1, -0.05) is 0 Å². The number of hydrogen-bond donors (Lipinski definition) is 1. The Morgan fingerprint density at radius 3 is 2.60 bits per heavy atom. The lowest BCUT2D eigenvalue weighted by Gasteiger charge is -2.19. The van der Waals surface area contributed by atoms with Crippen LogP contribution in [0.2, 0.25) is 0 Å². The van der Waals surface area contributed by atoms with Crippen molar-refractivity contribution in [2.24, 2.45) is 0 Å². The summed E-state index contributed by atoms with van der Waals surface area (Å²) >= 11 is 0. The van der Waals surface area contributed by atoms with Gasteiger partial charge < -0.3 is 14.8 Å². The third-order valence-corrected chi connectivity index (χ3v) is 2.14. The maximum Gasteiger partial charge on any atom is 0.407 e. The van der Waals surface area contributed by atoms with Gasteiger partial charge in [-0.2, -0.15) is 0 Å². The summed E-state index contributed by atoms with van der Waals surface area (Å²) in [4.78, 5) is 27.0. The molecule has 0 aliphatic heterocycles. The van der Waals surface area contributed by atoms with Gasteiger partial charge >= 0.3 is 12.1 Å². The van der Waals surface area contributed by atoms with E-state index in [9.17, 15) is 9.59 Å². The summed E-state index contributed by atoms with van der Waals surface area (Å²) < 4.78 is 10.00. The second-order valence-corrected chi connectivity index (χ2v) is 5.16. The van der Waals surface area contributed by atoms with E-state index in [4.69, 9.17) is 9.47 Å². The van der Waals surface area contributed by atoms with Crippen LogP contribution < -0.4 is 5.32 Å². The van der Waals surface area contributed by atoms with Crippen LogP contribution in [0.1, 0.15) is 43.6 Å². The van der Waals surface area contributed by atoms with Crippen molar-refractivity contribution >= 4 is 12.1 Å². The SMILES string of the molecule is CCOC(=O)c1cncc(CNC(=O)OC(C)(C)C)c1. The van der Waals surface area contributed by atoms with Crippen LogP contribution in [0, 0.1) is 0 Å². The quantitative estimate of drug-likeness (QED) is 0.856. The largest absolute Gasteiger partial charge is 0.462 e. The minimum Gasteiger partial charge on any atom is -0.462 e. The summed E-state index contributed by atoms with van der Waals surface area (Å²) in [6.45, 7) is 7.63. The van der Waals surface area contributed by atoms with E-state index in [1.165, 1.54) is 6.20 Å². The number of carbonyl (C=O) groups is 2. The Morgan fingerprint density at radius 2 is 2.00 bits per heavy atom. The second kappa shape index (κ2) is 6.88. The van der Waals surface area contributed by atoms with E-state index in [-0.39, 0.29) is 6.54 Å². The van der Waals surface area contributed by atoms with Gasteiger partial charge in [0.05, 0.1) is 12.2 Å². The molecule has 0 spiro atoms. The molecule has 6 heteroatoms. The summed E-state index contributed by atoms with van der Waals surface area (Å²) in [6, 6.07) is 1.63. The zero-order chi connectivity index (χ0) is 15.2. The molecule has 1 aromatic heterocycles. The van der Waals surface area contributed by atoms with Crippen LogP contribution in [-0.4, -0.2) is 29.3 Å². The fourth-order valence-electron chi connectivity index (χ4n) is 1.40. The number of hydrogen-bond acceptors (Lipinski definition) is 5. The first-order chi connectivity index (χ1) is 9.31. The molecule has 1 heterocycles. The number of aromatic nitrogens is 1. The monoisotopic (exact) mass is 280 g/mol. The van der Waals surface area contributed by atoms with Gasteiger partial charge in [0.2, 0.25) is 0 Å². The van der Waals surface area contributed by atoms with E-state index in [1.807, 2.05) is 0 Å². The van der Waals surface area contributed by atoms with Crippen LogP contribution in [0.4, 0.5) is 4.79 Å². The topological polar surface area (TPSA) is 77.5 Å². The Hall–Kier alpha value is -2.11. The molecule has 0 saturated carbocycles. The maximum absolute atomic E-state index is 11.5. The third-order valence-electron chi connectivity index (χ3n) is 2.14. The minimum atomic E-state index is -0.547. The predicted octanol–water partition coefficient (Wildman–Crippen LogP) is 2.28. The highest BCUT2D eigenvalue weighted by Crippen LogP contribution is 2.08. The van der Waals surface area contributed by atoms with Crippen LogP contribution in [0.5, 0.6) is 0 Å². The van der Waals surface area contributed by atoms with E-state index < -0.39 is 17.7 Å². The molecule has 0 aromatic carbocycles. The molecule has 1 amide bonds. The van der Waals surface area contributed by atoms with Gasteiger partial charge in [-0.25, -0.2) is 9.59 Å². The van der Waals surface area contributed by atoms with Crippen molar-refractivity contribution in [1.82, 2.24) is 10.3 Å². The second-order valence-electron chi connectivity index (χ2n) is 5.16. The highest BCUT2D eigenvalue weighted by molar-refractivity contribution is 5.89. The van der Waals surface area contributed by atoms with E-state index >= 15 is 0 Å². The standard InChI is InChI=1S/C14H20N2O4/c1-5-19-12(17)11-6-10(7-15-9-11)8-16-13(18)20-14(2,3)4/h6-7,9H,5,8H2,1-4H3,(H,16,18). The van der Waals surface area contributed by atoms with E-state index in [2.05, 4.69) is 10.3 Å². The van der Waals surface area contributed by atoms with Gasteiger partial charge in [0.15, 0.2) is 0 Å². The molecule has 0 bridgehead atoms. The lowest BCUT2D eigenvalue weighted by molar-refractivity contribution is 0.0517. The van der Waals surface area contributed by atoms with E-state index in [0.717, 1.165) is 0 Å². The molecule has 0 unspecified atom stereocenters. The first kappa shape index (κ1) is 15.9. The third kappa shape index (κ3) is 5.69. The molecule has 1 rings (SSSR count). The van der Waals surface area contributed by atoms with E-state index in [0.29, 0.717) is 17.7 Å². The Balaban J connectivity index is 2.59. The summed E-state index contributed by atoms with van der Waals surface area (Å²) in [5.41, 5.74) is 0.506. The summed E-state index contributed by atoms with van der Waals surface area (Å²) in [5.74, 6) is -0.431. The number of ether oxygens (including phenoxy) is 2. The fraction of sp³-hybridized carbons (Fsp3) is 0.500. The number of carbonyl (C=O) groups excluding carboxylic acids is 2. The van der Waals surface area contributed by atoms with Crippen LogP contribution in [0.25, 0.3) is 0 Å². The first-order valence-electron chi connectivity index (χ1n) is 6.39. The summed E-state index contributed by atoms with van der Waals surface area (Å²) in [6.07, 6.45) is 2.48. The Bertz CT molecular complexity index is 480. The number of nitrogens with zero attached hydrogens (tertiary/aromatic N) is 1. The average Bonchev–Trinajstić information content (AvgIpc) is 2.35. The van der Waals surface area contributed by atoms with Crippen LogP contribution in [-0.2, 0) is 16.0 Å². The molecule has 0 saturated heterocycles. The van der Waals surface area contributed by atoms with Crippen molar-refractivity contribution in [3.8, 4) is 0 Å². The van der Waals surface area contributed by atoms with Crippen molar-refractivity contribution in [3.05, 3.63) is 29.6 Å². The van der Waals surface area contributed by atoms with Crippen LogP contribution in [0.15, 0.2) is 18.5 Å². The van der Waals surface area contributed by atoms with Crippen molar-refractivity contribution in [2.75, 3.05) is 6.61 Å². The number of rotatable bonds is 4. The number of alkyl carbamates (subject to hydrolysis) is 1. The number of pyridine rings is 1. The van der Waals surface area contributed by atoms with Crippen molar-refractivity contribution < 1.29 is 19.1 Å². The number of esters is 1. The van der Waals surface area contributed by atoms with Gasteiger partial charge in [0.1, 0.15) is 5.60 Å². The first-order valence-corrected chi connectivity index (χ1v) is 6.39. The zero-order valence-corrected chi connectivity index (χ0v) is 12.2. The minimum absolute atomic E-state index is 0.231. The average molecular weight is 280 g/mol. The molecule has 0 atom stereocenters. The molecule has 1 N–H and O–H groups in total. The normalized spacial score (nSPS) is 10.8. The van der Waals surface area contributed by atoms with Crippen LogP contribution >= 0.6 is 0 Å². The maximum atomic E-state index is 11.5. The van der Waals surface area contributed by atoms with Crippen molar-refractivity contribution in [2.45, 2.75) is 39.8 Å². The molecular weight excluding hydrogens is 260 g/mol. The lowest BCUT2D eigenvalue weighted by Crippen LogP contribution is -2.32. The predicted molar refractivity (Wildman–Crippen MR) is 73.3 cm³/mol. The molecule has 0 aliphatic carbocycles. The van der Waals surface area contributed by atoms with Gasteiger partial charge in [-0.3, -0.25) is 4.98 Å². The molecule has 1 aromatic rings. The molecule has 6 nitrogen and oxygen atoms in total. The van der Waals surface area contributed by atoms with Gasteiger partial charge in [0, 0.05) is 18.9 Å². The zero-order valence-electron chi connectivity index (χ0n) is 12.2. The Morgan fingerprint density at radius 1 is 1.30 bits per heavy atom. The number of nitrogens with one attached hydrogen (secondary N) is 1. The van der Waals surface area contributed by atoms with Gasteiger partial charge in [-0.15, -0.1) is 0 Å². The molecule has 0 aliphatic rings. The van der Waals surface area contributed by atoms with Gasteiger partial charge in [-0.05, 0) is 39.3 Å². The van der Waals surface area contributed by atoms with Crippen molar-refractivity contribution in [3.63, 3.8) is 0 Å². The summed E-state index contributed by atoms with van der Waals surface area (Å²) in [5, 5.41) is 2.60. The Kier molecular flexibility index (Phi) is 5.49. The molecular formula is C14H20N2O4. The molecule has 20 heavy (non-hydrogen) atoms. The van der Waals surface area contributed by atoms with Crippen molar-refractivity contribution in [1.29, 1.82) is 0 Å². The Labute approximate surface area is 118 Å². The smallest absolute Gasteiger partial charge is 0.407 e. The molecule has 0 radical (unpaired) electrons. The van der Waals surface area contributed by atoms with Crippen LogP contribution in [0.3, 0.4) is 0 Å². The van der Waals surface area contributed by atoms with E-state index in [1.54, 1.807) is 40.0 Å².